The molecule has 1 rings (SSSR count). The molecule has 0 radical (unpaired) electrons. The van der Waals surface area contributed by atoms with Crippen LogP contribution >= 0.6 is 11.8 Å². The van der Waals surface area contributed by atoms with Crippen molar-refractivity contribution >= 4 is 31.1 Å². The van der Waals surface area contributed by atoms with Gasteiger partial charge >= 0.3 is 92.5 Å². The van der Waals surface area contributed by atoms with Crippen LogP contribution in [0.25, 0.3) is 0 Å². The molecule has 0 fully saturated rings. The van der Waals surface area contributed by atoms with E-state index in [1.807, 2.05) is 11.8 Å². The number of rotatable bonds is 4. The summed E-state index contributed by atoms with van der Waals surface area (Å²) in [7, 11) is 0. The summed E-state index contributed by atoms with van der Waals surface area (Å²) in [5.74, 6) is 0. The average molecular weight is 257 g/mol. The zero-order valence-corrected chi connectivity index (χ0v) is 10.5. The third-order valence-corrected chi connectivity index (χ3v) is 3.35. The van der Waals surface area contributed by atoms with Gasteiger partial charge in [-0.25, -0.2) is 0 Å². The van der Waals surface area contributed by atoms with Crippen LogP contribution in [0.5, 0.6) is 0 Å². The predicted molar refractivity (Wildman–Crippen MR) is 63.6 cm³/mol. The van der Waals surface area contributed by atoms with Crippen LogP contribution in [0.2, 0.25) is 0 Å². The topological polar surface area (TPSA) is 0 Å². The van der Waals surface area contributed by atoms with Gasteiger partial charge in [-0.05, 0) is 0 Å². The maximum atomic E-state index is 3.14. The summed E-state index contributed by atoms with van der Waals surface area (Å²) < 4.78 is 1.38. The van der Waals surface area contributed by atoms with E-state index < -0.39 is 0 Å². The Morgan fingerprint density at radius 2 is 1.92 bits per heavy atom. The van der Waals surface area contributed by atoms with Crippen LogP contribution in [0, 0.1) is 0 Å². The van der Waals surface area contributed by atoms with Gasteiger partial charge in [0.1, 0.15) is 0 Å². The van der Waals surface area contributed by atoms with E-state index in [0.717, 1.165) is 6.42 Å². The van der Waals surface area contributed by atoms with E-state index in [9.17, 15) is 0 Å². The van der Waals surface area contributed by atoms with E-state index in [2.05, 4.69) is 59.8 Å². The molecule has 2 heteroatoms. The fraction of sp³-hybridized carbons (Fsp3) is 0.364. The normalized spacial score (nSPS) is 10.4. The number of thioether (sulfide) groups is 1. The Bertz CT molecular complexity index is 267. The van der Waals surface area contributed by atoms with Crippen molar-refractivity contribution in [2.24, 2.45) is 0 Å². The first-order valence-corrected chi connectivity index (χ1v) is 6.15. The van der Waals surface area contributed by atoms with Crippen molar-refractivity contribution < 1.29 is 0 Å². The Kier molecular flexibility index (Phi) is 4.79. The summed E-state index contributed by atoms with van der Waals surface area (Å²) in [4.78, 5) is 0. The van der Waals surface area contributed by atoms with Gasteiger partial charge in [-0.2, -0.15) is 0 Å². The standard InChI is InChI=1S/C11H14SSe/c1-9(2)12-11(13)8-10-6-4-3-5-7-10/h3-7,9H,8H2,1-2H3. The minimum absolute atomic E-state index is 0.667. The molecule has 0 saturated carbocycles. The van der Waals surface area contributed by atoms with Crippen molar-refractivity contribution in [3.05, 3.63) is 35.9 Å². The molecule has 0 aliphatic rings. The van der Waals surface area contributed by atoms with Gasteiger partial charge in [0.15, 0.2) is 0 Å². The number of hydrogen-bond acceptors (Lipinski definition) is 1. The summed E-state index contributed by atoms with van der Waals surface area (Å²) in [6.07, 6.45) is 1.05. The fourth-order valence-electron chi connectivity index (χ4n) is 1.07. The molecule has 0 N–H and O–H groups in total. The third-order valence-electron chi connectivity index (χ3n) is 1.56. The van der Waals surface area contributed by atoms with Crippen molar-refractivity contribution in [3.8, 4) is 0 Å². The average Bonchev–Trinajstić information content (AvgIpc) is 2.04. The van der Waals surface area contributed by atoms with Crippen molar-refractivity contribution in [1.29, 1.82) is 0 Å². The molecule has 0 bridgehead atoms. The fourth-order valence-corrected chi connectivity index (χ4v) is 3.40. The summed E-state index contributed by atoms with van der Waals surface area (Å²) in [6, 6.07) is 10.6. The molecule has 0 spiro atoms. The zero-order valence-electron chi connectivity index (χ0n) is 7.99. The molecular formula is C11H14SSe. The molecule has 0 aliphatic carbocycles. The second kappa shape index (κ2) is 5.64. The molecule has 0 amide bonds. The van der Waals surface area contributed by atoms with Gasteiger partial charge in [0.05, 0.1) is 0 Å². The van der Waals surface area contributed by atoms with Gasteiger partial charge < -0.3 is 0 Å². The van der Waals surface area contributed by atoms with Gasteiger partial charge in [0.25, 0.3) is 0 Å². The van der Waals surface area contributed by atoms with E-state index in [1.54, 1.807) is 0 Å². The van der Waals surface area contributed by atoms with Crippen molar-refractivity contribution in [1.82, 2.24) is 0 Å². The van der Waals surface area contributed by atoms with Crippen LogP contribution in [-0.4, -0.2) is 24.6 Å². The molecule has 0 aromatic heterocycles. The molecular weight excluding hydrogens is 243 g/mol. The van der Waals surface area contributed by atoms with Crippen molar-refractivity contribution in [3.63, 3.8) is 0 Å². The second-order valence-corrected chi connectivity index (χ2v) is 6.49. The second-order valence-electron chi connectivity index (χ2n) is 3.20. The van der Waals surface area contributed by atoms with Gasteiger partial charge in [0.2, 0.25) is 0 Å². The first-order chi connectivity index (χ1) is 6.18. The molecule has 0 unspecified atom stereocenters. The van der Waals surface area contributed by atoms with Crippen LogP contribution in [-0.2, 0) is 6.42 Å². The number of benzene rings is 1. The molecule has 0 saturated heterocycles. The van der Waals surface area contributed by atoms with E-state index in [1.165, 1.54) is 9.31 Å². The van der Waals surface area contributed by atoms with Crippen LogP contribution in [0.1, 0.15) is 19.4 Å². The SMILES string of the molecule is CC(C)SC(=[Se])Cc1ccccc1. The summed E-state index contributed by atoms with van der Waals surface area (Å²) in [5.41, 5.74) is 1.38. The molecule has 0 atom stereocenters. The minimum atomic E-state index is 0.667. The summed E-state index contributed by atoms with van der Waals surface area (Å²) in [6.45, 7) is 4.43. The van der Waals surface area contributed by atoms with E-state index in [-0.39, 0.29) is 0 Å². The van der Waals surface area contributed by atoms with Crippen molar-refractivity contribution in [2.45, 2.75) is 25.5 Å². The van der Waals surface area contributed by atoms with Gasteiger partial charge in [-0.15, -0.1) is 0 Å². The van der Waals surface area contributed by atoms with E-state index in [0.29, 0.717) is 5.25 Å². The predicted octanol–water partition coefficient (Wildman–Crippen LogP) is 2.67. The van der Waals surface area contributed by atoms with Crippen molar-refractivity contribution in [2.75, 3.05) is 0 Å². The van der Waals surface area contributed by atoms with Gasteiger partial charge in [-0.1, -0.05) is 0 Å². The molecule has 1 aromatic carbocycles. The van der Waals surface area contributed by atoms with E-state index in [4.69, 9.17) is 0 Å². The zero-order chi connectivity index (χ0) is 9.68. The van der Waals surface area contributed by atoms with Gasteiger partial charge in [-0.3, -0.25) is 0 Å². The Morgan fingerprint density at radius 1 is 1.31 bits per heavy atom. The quantitative estimate of drug-likeness (QED) is 0.747. The summed E-state index contributed by atoms with van der Waals surface area (Å²) >= 11 is 5.05. The van der Waals surface area contributed by atoms with Crippen LogP contribution in [0.15, 0.2) is 30.3 Å². The van der Waals surface area contributed by atoms with Crippen LogP contribution in [0.3, 0.4) is 0 Å². The third kappa shape index (κ3) is 4.66. The van der Waals surface area contributed by atoms with Crippen LogP contribution in [0.4, 0.5) is 0 Å². The molecule has 1 aromatic rings. The Hall–Kier alpha value is -0.0405. The molecule has 0 aliphatic heterocycles. The molecule has 13 heavy (non-hydrogen) atoms. The first kappa shape index (κ1) is 11.0. The first-order valence-electron chi connectivity index (χ1n) is 4.42. The molecule has 0 nitrogen and oxygen atoms in total. The number of hydrogen-bond donors (Lipinski definition) is 0. The molecule has 70 valence electrons. The Morgan fingerprint density at radius 3 is 2.46 bits per heavy atom. The van der Waals surface area contributed by atoms with Crippen LogP contribution < -0.4 is 0 Å². The monoisotopic (exact) mass is 258 g/mol. The maximum absolute atomic E-state index is 3.14. The molecule has 0 heterocycles. The van der Waals surface area contributed by atoms with E-state index >= 15 is 0 Å². The Labute approximate surface area is 92.5 Å². The Balaban J connectivity index is 2.46. The summed E-state index contributed by atoms with van der Waals surface area (Å²) in [5, 5.41) is 0.667. The van der Waals surface area contributed by atoms with Gasteiger partial charge in [0, 0.05) is 0 Å².